The number of rotatable bonds is 3. The summed E-state index contributed by atoms with van der Waals surface area (Å²) in [5, 5.41) is 3.27. The molecular weight excluding hydrogens is 218 g/mol. The van der Waals surface area contributed by atoms with Gasteiger partial charge in [0.1, 0.15) is 0 Å². The normalized spacial score (nSPS) is 12.7. The van der Waals surface area contributed by atoms with Crippen molar-refractivity contribution in [2.75, 3.05) is 7.05 Å². The van der Waals surface area contributed by atoms with Gasteiger partial charge in [-0.05, 0) is 37.6 Å². The molecule has 1 atom stereocenters. The Hall–Kier alpha value is -1.26. The van der Waals surface area contributed by atoms with Crippen molar-refractivity contribution in [3.05, 3.63) is 46.8 Å². The van der Waals surface area contributed by atoms with Crippen molar-refractivity contribution in [3.8, 4) is 0 Å². The van der Waals surface area contributed by atoms with Gasteiger partial charge in [-0.15, -0.1) is 0 Å². The maximum absolute atomic E-state index is 4.28. The van der Waals surface area contributed by atoms with Gasteiger partial charge in [-0.2, -0.15) is 8.75 Å². The predicted molar refractivity (Wildman–Crippen MR) is 66.7 cm³/mol. The van der Waals surface area contributed by atoms with E-state index in [1.165, 1.54) is 28.4 Å². The van der Waals surface area contributed by atoms with E-state index >= 15 is 0 Å². The fraction of sp³-hybridized carbons (Fsp3) is 0.333. The summed E-state index contributed by atoms with van der Waals surface area (Å²) in [5.41, 5.74) is 4.84. The van der Waals surface area contributed by atoms with Crippen molar-refractivity contribution >= 4 is 11.7 Å². The zero-order valence-electron chi connectivity index (χ0n) is 9.69. The van der Waals surface area contributed by atoms with Crippen LogP contribution in [0.2, 0.25) is 0 Å². The smallest absolute Gasteiger partial charge is 0.0957 e. The van der Waals surface area contributed by atoms with Crippen LogP contribution in [0.25, 0.3) is 0 Å². The maximum atomic E-state index is 4.28. The van der Waals surface area contributed by atoms with Crippen molar-refractivity contribution < 1.29 is 0 Å². The van der Waals surface area contributed by atoms with E-state index in [-0.39, 0.29) is 6.04 Å². The number of aryl methyl sites for hydroxylation is 2. The molecule has 2 rings (SSSR count). The van der Waals surface area contributed by atoms with Crippen LogP contribution in [-0.2, 0) is 0 Å². The standard InChI is InChI=1S/C12H15N3S/c1-8-4-5-10(6-9(8)2)12(13-3)11-7-14-16-15-11/h4-7,12-13H,1-3H3. The zero-order chi connectivity index (χ0) is 11.5. The Morgan fingerprint density at radius 1 is 1.25 bits per heavy atom. The fourth-order valence-corrected chi connectivity index (χ4v) is 2.18. The molecule has 1 aromatic heterocycles. The lowest BCUT2D eigenvalue weighted by molar-refractivity contribution is 0.676. The second-order valence-electron chi connectivity index (χ2n) is 3.90. The number of hydrogen-bond acceptors (Lipinski definition) is 4. The van der Waals surface area contributed by atoms with Crippen LogP contribution >= 0.6 is 11.7 Å². The molecule has 0 saturated carbocycles. The summed E-state index contributed by atoms with van der Waals surface area (Å²) in [4.78, 5) is 0. The third-order valence-electron chi connectivity index (χ3n) is 2.83. The summed E-state index contributed by atoms with van der Waals surface area (Å²) in [6.45, 7) is 4.25. The predicted octanol–water partition coefficient (Wildman–Crippen LogP) is 2.46. The Balaban J connectivity index is 2.37. The molecule has 0 aliphatic rings. The van der Waals surface area contributed by atoms with Gasteiger partial charge in [0.15, 0.2) is 0 Å². The Morgan fingerprint density at radius 3 is 2.62 bits per heavy atom. The molecule has 0 saturated heterocycles. The molecule has 1 N–H and O–H groups in total. The van der Waals surface area contributed by atoms with E-state index in [0.29, 0.717) is 0 Å². The van der Waals surface area contributed by atoms with Crippen molar-refractivity contribution in [3.63, 3.8) is 0 Å². The average molecular weight is 233 g/mol. The Labute approximate surface area is 99.9 Å². The first kappa shape index (κ1) is 11.2. The molecule has 84 valence electrons. The molecule has 1 unspecified atom stereocenters. The van der Waals surface area contributed by atoms with Gasteiger partial charge in [0.2, 0.25) is 0 Å². The van der Waals surface area contributed by atoms with Gasteiger partial charge in [-0.1, -0.05) is 18.2 Å². The number of nitrogens with one attached hydrogen (secondary N) is 1. The van der Waals surface area contributed by atoms with Crippen molar-refractivity contribution in [1.82, 2.24) is 14.1 Å². The van der Waals surface area contributed by atoms with E-state index in [1.807, 2.05) is 13.2 Å². The van der Waals surface area contributed by atoms with Crippen LogP contribution in [0.3, 0.4) is 0 Å². The molecule has 16 heavy (non-hydrogen) atoms. The highest BCUT2D eigenvalue weighted by molar-refractivity contribution is 6.99. The van der Waals surface area contributed by atoms with Gasteiger partial charge in [-0.3, -0.25) is 0 Å². The molecule has 0 aliphatic heterocycles. The molecule has 1 heterocycles. The quantitative estimate of drug-likeness (QED) is 0.885. The van der Waals surface area contributed by atoms with Crippen LogP contribution in [0.5, 0.6) is 0 Å². The second-order valence-corrected chi connectivity index (χ2v) is 4.45. The van der Waals surface area contributed by atoms with E-state index in [0.717, 1.165) is 5.69 Å². The molecule has 4 heteroatoms. The highest BCUT2D eigenvalue weighted by Crippen LogP contribution is 2.22. The Kier molecular flexibility index (Phi) is 3.31. The van der Waals surface area contributed by atoms with Crippen LogP contribution in [0.1, 0.15) is 28.4 Å². The SMILES string of the molecule is CNC(c1ccc(C)c(C)c1)c1cnsn1. The minimum Gasteiger partial charge on any atom is -0.308 e. The monoisotopic (exact) mass is 233 g/mol. The van der Waals surface area contributed by atoms with Gasteiger partial charge >= 0.3 is 0 Å². The highest BCUT2D eigenvalue weighted by atomic mass is 32.1. The maximum Gasteiger partial charge on any atom is 0.0957 e. The van der Waals surface area contributed by atoms with Gasteiger partial charge in [0.05, 0.1) is 29.7 Å². The first-order valence-corrected chi connectivity index (χ1v) is 5.97. The zero-order valence-corrected chi connectivity index (χ0v) is 10.5. The number of nitrogens with zero attached hydrogens (tertiary/aromatic N) is 2. The summed E-state index contributed by atoms with van der Waals surface area (Å²) in [5.74, 6) is 0. The molecule has 0 amide bonds. The summed E-state index contributed by atoms with van der Waals surface area (Å²) >= 11 is 1.25. The van der Waals surface area contributed by atoms with Crippen molar-refractivity contribution in [2.45, 2.75) is 19.9 Å². The Bertz CT molecular complexity index is 465. The summed E-state index contributed by atoms with van der Waals surface area (Å²) in [7, 11) is 1.94. The summed E-state index contributed by atoms with van der Waals surface area (Å²) in [6, 6.07) is 6.63. The van der Waals surface area contributed by atoms with E-state index in [4.69, 9.17) is 0 Å². The molecule has 0 radical (unpaired) electrons. The molecule has 0 spiro atoms. The van der Waals surface area contributed by atoms with E-state index in [2.05, 4.69) is 46.1 Å². The first-order valence-electron chi connectivity index (χ1n) is 5.24. The van der Waals surface area contributed by atoms with Gasteiger partial charge in [0.25, 0.3) is 0 Å². The van der Waals surface area contributed by atoms with E-state index in [9.17, 15) is 0 Å². The first-order chi connectivity index (χ1) is 7.72. The van der Waals surface area contributed by atoms with Gasteiger partial charge in [0, 0.05) is 0 Å². The van der Waals surface area contributed by atoms with E-state index < -0.39 is 0 Å². The van der Waals surface area contributed by atoms with Crippen molar-refractivity contribution in [2.24, 2.45) is 0 Å². The third kappa shape index (κ3) is 2.13. The van der Waals surface area contributed by atoms with Crippen LogP contribution in [-0.4, -0.2) is 15.8 Å². The van der Waals surface area contributed by atoms with Gasteiger partial charge in [-0.25, -0.2) is 0 Å². The van der Waals surface area contributed by atoms with Gasteiger partial charge < -0.3 is 5.32 Å². The van der Waals surface area contributed by atoms with Crippen LogP contribution in [0.15, 0.2) is 24.4 Å². The minimum absolute atomic E-state index is 0.137. The van der Waals surface area contributed by atoms with Crippen LogP contribution in [0, 0.1) is 13.8 Å². The molecule has 3 nitrogen and oxygen atoms in total. The topological polar surface area (TPSA) is 37.8 Å². The lowest BCUT2D eigenvalue weighted by Gasteiger charge is -2.15. The van der Waals surface area contributed by atoms with E-state index in [1.54, 1.807) is 0 Å². The number of aromatic nitrogens is 2. The molecule has 2 aromatic rings. The lowest BCUT2D eigenvalue weighted by Crippen LogP contribution is -2.18. The summed E-state index contributed by atoms with van der Waals surface area (Å²) in [6.07, 6.45) is 1.82. The van der Waals surface area contributed by atoms with Crippen LogP contribution in [0.4, 0.5) is 0 Å². The minimum atomic E-state index is 0.137. The highest BCUT2D eigenvalue weighted by Gasteiger charge is 2.14. The molecule has 0 bridgehead atoms. The second kappa shape index (κ2) is 4.72. The number of hydrogen-bond donors (Lipinski definition) is 1. The molecule has 1 aromatic carbocycles. The van der Waals surface area contributed by atoms with Crippen LogP contribution < -0.4 is 5.32 Å². The molecular formula is C12H15N3S. The lowest BCUT2D eigenvalue weighted by atomic mass is 9.99. The Morgan fingerprint density at radius 2 is 2.06 bits per heavy atom. The molecule has 0 fully saturated rings. The number of benzene rings is 1. The average Bonchev–Trinajstić information content (AvgIpc) is 2.78. The largest absolute Gasteiger partial charge is 0.308 e. The third-order valence-corrected chi connectivity index (χ3v) is 3.32. The summed E-state index contributed by atoms with van der Waals surface area (Å²) < 4.78 is 8.33. The fourth-order valence-electron chi connectivity index (χ4n) is 1.73. The van der Waals surface area contributed by atoms with Crippen molar-refractivity contribution in [1.29, 1.82) is 0 Å². The molecule has 0 aliphatic carbocycles.